The number of halogens is 3. The van der Waals surface area contributed by atoms with Crippen molar-refractivity contribution in [1.82, 2.24) is 0 Å². The lowest BCUT2D eigenvalue weighted by atomic mass is 9.88. The second-order valence-corrected chi connectivity index (χ2v) is 4.16. The molecule has 0 saturated carbocycles. The minimum Gasteiger partial charge on any atom is -0.549 e. The number of ether oxygens (including phenoxy) is 1. The highest BCUT2D eigenvalue weighted by molar-refractivity contribution is 5.74. The molecule has 0 radical (unpaired) electrons. The van der Waals surface area contributed by atoms with Crippen LogP contribution >= 0.6 is 0 Å². The minimum atomic E-state index is -4.76. The van der Waals surface area contributed by atoms with Gasteiger partial charge in [-0.2, -0.15) is 0 Å². The van der Waals surface area contributed by atoms with Crippen molar-refractivity contribution in [2.45, 2.75) is 26.1 Å². The van der Waals surface area contributed by atoms with Crippen LogP contribution in [0.15, 0.2) is 24.3 Å². The van der Waals surface area contributed by atoms with Gasteiger partial charge in [-0.05, 0) is 23.6 Å². The number of benzene rings is 1. The van der Waals surface area contributed by atoms with E-state index >= 15 is 0 Å². The summed E-state index contributed by atoms with van der Waals surface area (Å²) in [5.41, 5.74) is 0.388. The van der Waals surface area contributed by atoms with Crippen LogP contribution in [0.1, 0.15) is 25.3 Å². The van der Waals surface area contributed by atoms with Gasteiger partial charge in [0, 0.05) is 11.9 Å². The number of alkyl halides is 3. The molecule has 18 heavy (non-hydrogen) atoms. The van der Waals surface area contributed by atoms with Gasteiger partial charge in [0.2, 0.25) is 0 Å². The minimum absolute atomic E-state index is 0.218. The lowest BCUT2D eigenvalue weighted by Gasteiger charge is -2.22. The zero-order valence-electron chi connectivity index (χ0n) is 9.82. The predicted molar refractivity (Wildman–Crippen MR) is 55.7 cm³/mol. The Labute approximate surface area is 102 Å². The van der Waals surface area contributed by atoms with E-state index in [-0.39, 0.29) is 11.7 Å². The van der Waals surface area contributed by atoms with Crippen molar-refractivity contribution >= 4 is 5.97 Å². The fraction of sp³-hybridized carbons (Fsp3) is 0.417. The van der Waals surface area contributed by atoms with Crippen LogP contribution in [0.2, 0.25) is 0 Å². The van der Waals surface area contributed by atoms with Crippen LogP contribution < -0.4 is 9.84 Å². The van der Waals surface area contributed by atoms with Gasteiger partial charge in [0.25, 0.3) is 0 Å². The van der Waals surface area contributed by atoms with Gasteiger partial charge in [0.05, 0.1) is 0 Å². The van der Waals surface area contributed by atoms with Gasteiger partial charge in [0.1, 0.15) is 5.75 Å². The zero-order valence-corrected chi connectivity index (χ0v) is 9.82. The standard InChI is InChI=1S/C12H13F3O3/c1-7(2)10(11(16)17)8-3-5-9(6-4-8)18-12(13,14)15/h3-7,10H,1-2H3,(H,16,17)/p-1. The third-order valence-corrected chi connectivity index (χ3v) is 2.39. The Morgan fingerprint density at radius 2 is 1.72 bits per heavy atom. The van der Waals surface area contributed by atoms with Gasteiger partial charge in [-0.15, -0.1) is 13.2 Å². The lowest BCUT2D eigenvalue weighted by Crippen LogP contribution is -2.32. The third kappa shape index (κ3) is 3.94. The number of carboxylic acid groups (broad SMARTS) is 1. The van der Waals surface area contributed by atoms with Crippen LogP contribution in [0.3, 0.4) is 0 Å². The number of carbonyl (C=O) groups is 1. The summed E-state index contributed by atoms with van der Waals surface area (Å²) in [7, 11) is 0. The quantitative estimate of drug-likeness (QED) is 0.833. The summed E-state index contributed by atoms with van der Waals surface area (Å²) >= 11 is 0. The van der Waals surface area contributed by atoms with Crippen LogP contribution in [0.4, 0.5) is 13.2 Å². The Hall–Kier alpha value is -1.72. The Morgan fingerprint density at radius 1 is 1.22 bits per heavy atom. The zero-order chi connectivity index (χ0) is 13.9. The van der Waals surface area contributed by atoms with Crippen LogP contribution in [0.5, 0.6) is 5.75 Å². The van der Waals surface area contributed by atoms with Gasteiger partial charge in [0.15, 0.2) is 0 Å². The highest BCUT2D eigenvalue weighted by Crippen LogP contribution is 2.28. The number of hydrogen-bond acceptors (Lipinski definition) is 3. The first-order valence-electron chi connectivity index (χ1n) is 5.27. The molecule has 1 aromatic carbocycles. The maximum absolute atomic E-state index is 11.9. The summed E-state index contributed by atoms with van der Waals surface area (Å²) in [5.74, 6) is -2.71. The maximum atomic E-state index is 11.9. The van der Waals surface area contributed by atoms with Crippen molar-refractivity contribution in [1.29, 1.82) is 0 Å². The van der Waals surface area contributed by atoms with Gasteiger partial charge in [-0.1, -0.05) is 26.0 Å². The van der Waals surface area contributed by atoms with Gasteiger partial charge in [-0.25, -0.2) is 0 Å². The van der Waals surface area contributed by atoms with Crippen molar-refractivity contribution in [2.75, 3.05) is 0 Å². The van der Waals surface area contributed by atoms with E-state index in [0.29, 0.717) is 5.56 Å². The summed E-state index contributed by atoms with van der Waals surface area (Å²) in [4.78, 5) is 10.9. The Kier molecular flexibility index (Phi) is 4.21. The summed E-state index contributed by atoms with van der Waals surface area (Å²) in [6.45, 7) is 3.39. The van der Waals surface area contributed by atoms with Crippen LogP contribution in [0.25, 0.3) is 0 Å². The molecule has 3 nitrogen and oxygen atoms in total. The van der Waals surface area contributed by atoms with Crippen LogP contribution in [0, 0.1) is 5.92 Å². The van der Waals surface area contributed by atoms with E-state index in [1.54, 1.807) is 13.8 Å². The highest BCUT2D eigenvalue weighted by Gasteiger charge is 2.31. The second kappa shape index (κ2) is 5.29. The topological polar surface area (TPSA) is 49.4 Å². The number of carbonyl (C=O) groups excluding carboxylic acids is 1. The molecule has 0 saturated heterocycles. The van der Waals surface area contributed by atoms with Crippen LogP contribution in [-0.2, 0) is 4.79 Å². The van der Waals surface area contributed by atoms with E-state index in [1.165, 1.54) is 12.1 Å². The molecule has 6 heteroatoms. The van der Waals surface area contributed by atoms with E-state index in [4.69, 9.17) is 0 Å². The molecular weight excluding hydrogens is 249 g/mol. The summed E-state index contributed by atoms with van der Waals surface area (Å²) in [6.07, 6.45) is -4.76. The van der Waals surface area contributed by atoms with E-state index in [2.05, 4.69) is 4.74 Å². The highest BCUT2D eigenvalue weighted by atomic mass is 19.4. The largest absolute Gasteiger partial charge is 0.573 e. The number of hydrogen-bond donors (Lipinski definition) is 0. The normalized spacial score (nSPS) is 13.4. The van der Waals surface area contributed by atoms with E-state index in [9.17, 15) is 23.1 Å². The average Bonchev–Trinajstić information content (AvgIpc) is 2.17. The molecule has 0 heterocycles. The average molecular weight is 261 g/mol. The molecule has 1 atom stereocenters. The Morgan fingerprint density at radius 3 is 2.06 bits per heavy atom. The Bertz CT molecular complexity index is 410. The third-order valence-electron chi connectivity index (χ3n) is 2.39. The van der Waals surface area contributed by atoms with Crippen LogP contribution in [-0.4, -0.2) is 12.3 Å². The summed E-state index contributed by atoms with van der Waals surface area (Å²) in [5, 5.41) is 10.9. The molecule has 0 aromatic heterocycles. The first-order valence-corrected chi connectivity index (χ1v) is 5.27. The molecular formula is C12H12F3O3-. The molecule has 0 aliphatic rings. The molecule has 0 fully saturated rings. The van der Waals surface area contributed by atoms with E-state index in [1.807, 2.05) is 0 Å². The number of rotatable bonds is 4. The molecule has 0 spiro atoms. The predicted octanol–water partition coefficient (Wildman–Crippen LogP) is 2.07. The van der Waals surface area contributed by atoms with E-state index < -0.39 is 18.2 Å². The smallest absolute Gasteiger partial charge is 0.549 e. The van der Waals surface area contributed by atoms with Gasteiger partial charge < -0.3 is 14.6 Å². The maximum Gasteiger partial charge on any atom is 0.573 e. The first kappa shape index (κ1) is 14.3. The van der Waals surface area contributed by atoms with Crippen molar-refractivity contribution in [3.05, 3.63) is 29.8 Å². The Balaban J connectivity index is 2.91. The molecule has 0 aliphatic heterocycles. The summed E-state index contributed by atoms with van der Waals surface area (Å²) in [6, 6.07) is 4.76. The van der Waals surface area contributed by atoms with Gasteiger partial charge >= 0.3 is 6.36 Å². The molecule has 0 N–H and O–H groups in total. The summed E-state index contributed by atoms with van der Waals surface area (Å²) < 4.78 is 39.5. The van der Waals surface area contributed by atoms with Gasteiger partial charge in [-0.3, -0.25) is 0 Å². The SMILES string of the molecule is CC(C)C(C(=O)[O-])c1ccc(OC(F)(F)F)cc1. The number of aliphatic carboxylic acids is 1. The molecule has 1 aromatic rings. The molecule has 0 amide bonds. The molecule has 0 bridgehead atoms. The number of carboxylic acids is 1. The fourth-order valence-corrected chi connectivity index (χ4v) is 1.67. The monoisotopic (exact) mass is 261 g/mol. The van der Waals surface area contributed by atoms with E-state index in [0.717, 1.165) is 12.1 Å². The molecule has 100 valence electrons. The van der Waals surface area contributed by atoms with Crippen molar-refractivity contribution in [2.24, 2.45) is 5.92 Å². The molecule has 1 unspecified atom stereocenters. The fourth-order valence-electron chi connectivity index (χ4n) is 1.67. The molecule has 0 aliphatic carbocycles. The second-order valence-electron chi connectivity index (χ2n) is 4.16. The van der Waals surface area contributed by atoms with Crippen molar-refractivity contribution < 1.29 is 27.8 Å². The van der Waals surface area contributed by atoms with Crippen molar-refractivity contribution in [3.63, 3.8) is 0 Å². The first-order chi connectivity index (χ1) is 8.20. The van der Waals surface area contributed by atoms with Crippen molar-refractivity contribution in [3.8, 4) is 5.75 Å². The lowest BCUT2D eigenvalue weighted by molar-refractivity contribution is -0.309. The molecule has 1 rings (SSSR count).